The Balaban J connectivity index is 1.63. The molecule has 0 aliphatic rings. The second kappa shape index (κ2) is 9.53. The molecule has 4 aromatic rings. The first-order valence-electron chi connectivity index (χ1n) is 10.7. The fourth-order valence-electron chi connectivity index (χ4n) is 3.79. The van der Waals surface area contributed by atoms with E-state index in [1.165, 1.54) is 0 Å². The minimum absolute atomic E-state index is 0.322. The van der Waals surface area contributed by atoms with Gasteiger partial charge in [-0.25, -0.2) is 4.79 Å². The van der Waals surface area contributed by atoms with E-state index in [0.717, 1.165) is 44.4 Å². The summed E-state index contributed by atoms with van der Waals surface area (Å²) >= 11 is 6.60. The zero-order chi connectivity index (χ0) is 24.4. The van der Waals surface area contributed by atoms with Crippen LogP contribution in [0.5, 0.6) is 0 Å². The molecule has 34 heavy (non-hydrogen) atoms. The highest BCUT2D eigenvalue weighted by Gasteiger charge is 2.12. The summed E-state index contributed by atoms with van der Waals surface area (Å²) in [7, 11) is 0. The minimum atomic E-state index is -0.919. The van der Waals surface area contributed by atoms with Gasteiger partial charge >= 0.3 is 5.97 Å². The molecule has 172 valence electrons. The molecule has 7 heteroatoms. The number of benzene rings is 2. The molecule has 0 saturated carbocycles. The standard InChI is InChI=1S/C27H24ClN3O3/c1-5-19(26-31-30-17(4)34-26)9-7-15(2)22-13-20-12-21(29-25(20)14-24(22)28)10-18-8-6-16(3)23(11-18)27(32)33/h5-9,11-14,29H,1,10H2,2-4H3,(H,32,33)/b15-7+,19-9+. The number of aromatic carboxylic acids is 1. The van der Waals surface area contributed by atoms with Crippen LogP contribution in [0.2, 0.25) is 5.02 Å². The normalized spacial score (nSPS) is 12.4. The topological polar surface area (TPSA) is 92.0 Å². The maximum atomic E-state index is 11.5. The van der Waals surface area contributed by atoms with Crippen LogP contribution in [-0.2, 0) is 6.42 Å². The van der Waals surface area contributed by atoms with Crippen molar-refractivity contribution in [2.75, 3.05) is 0 Å². The monoisotopic (exact) mass is 473 g/mol. The number of fused-ring (bicyclic) bond motifs is 1. The average Bonchev–Trinajstić information content (AvgIpc) is 3.39. The molecule has 6 nitrogen and oxygen atoms in total. The van der Waals surface area contributed by atoms with E-state index in [-0.39, 0.29) is 0 Å². The number of rotatable bonds is 7. The van der Waals surface area contributed by atoms with Gasteiger partial charge < -0.3 is 14.5 Å². The van der Waals surface area contributed by atoms with Crippen LogP contribution in [0.15, 0.2) is 65.6 Å². The average molecular weight is 474 g/mol. The van der Waals surface area contributed by atoms with Crippen molar-refractivity contribution in [3.63, 3.8) is 0 Å². The highest BCUT2D eigenvalue weighted by Crippen LogP contribution is 2.30. The third-order valence-corrected chi connectivity index (χ3v) is 5.93. The van der Waals surface area contributed by atoms with Crippen LogP contribution in [0.25, 0.3) is 22.0 Å². The van der Waals surface area contributed by atoms with Gasteiger partial charge in [-0.3, -0.25) is 0 Å². The quantitative estimate of drug-likeness (QED) is 0.288. The molecule has 0 fully saturated rings. The second-order valence-electron chi connectivity index (χ2n) is 8.15. The van der Waals surface area contributed by atoms with Crippen molar-refractivity contribution in [1.82, 2.24) is 15.2 Å². The number of nitrogens with one attached hydrogen (secondary N) is 1. The lowest BCUT2D eigenvalue weighted by molar-refractivity contribution is 0.0696. The number of nitrogens with zero attached hydrogens (tertiary/aromatic N) is 2. The van der Waals surface area contributed by atoms with Crippen LogP contribution in [0.4, 0.5) is 0 Å². The van der Waals surface area contributed by atoms with Crippen LogP contribution >= 0.6 is 11.6 Å². The molecule has 0 saturated heterocycles. The van der Waals surface area contributed by atoms with E-state index in [0.29, 0.717) is 28.8 Å². The Bertz CT molecular complexity index is 1470. The summed E-state index contributed by atoms with van der Waals surface area (Å²) in [6.45, 7) is 9.34. The Morgan fingerprint density at radius 1 is 1.15 bits per heavy atom. The smallest absolute Gasteiger partial charge is 0.335 e. The number of halogens is 1. The fourth-order valence-corrected chi connectivity index (χ4v) is 4.10. The first-order chi connectivity index (χ1) is 16.2. The lowest BCUT2D eigenvalue weighted by Crippen LogP contribution is -2.01. The van der Waals surface area contributed by atoms with Crippen LogP contribution < -0.4 is 0 Å². The summed E-state index contributed by atoms with van der Waals surface area (Å²) < 4.78 is 5.48. The number of hydrogen-bond donors (Lipinski definition) is 2. The molecule has 0 aliphatic heterocycles. The molecular weight excluding hydrogens is 450 g/mol. The number of carboxylic acids is 1. The summed E-state index contributed by atoms with van der Waals surface area (Å²) in [6.07, 6.45) is 6.07. The number of H-pyrrole nitrogens is 1. The van der Waals surface area contributed by atoms with Crippen LogP contribution in [0.3, 0.4) is 0 Å². The van der Waals surface area contributed by atoms with Crippen molar-refractivity contribution >= 4 is 39.6 Å². The van der Waals surface area contributed by atoms with Gasteiger partial charge in [-0.2, -0.15) is 0 Å². The van der Waals surface area contributed by atoms with Gasteiger partial charge in [0, 0.05) is 35.5 Å². The molecule has 2 N–H and O–H groups in total. The van der Waals surface area contributed by atoms with E-state index in [1.54, 1.807) is 26.0 Å². The van der Waals surface area contributed by atoms with Gasteiger partial charge in [0.25, 0.3) is 0 Å². The SMILES string of the molecule is C=C/C(=C\C=C(/C)c1cc2cc(Cc3ccc(C)c(C(=O)O)c3)[nH]c2cc1Cl)c1nnc(C)o1. The number of aromatic nitrogens is 3. The third kappa shape index (κ3) is 4.87. The Morgan fingerprint density at radius 3 is 2.62 bits per heavy atom. The van der Waals surface area contributed by atoms with Gasteiger partial charge in [-0.15, -0.1) is 10.2 Å². The van der Waals surface area contributed by atoms with E-state index >= 15 is 0 Å². The van der Waals surface area contributed by atoms with E-state index in [9.17, 15) is 9.90 Å². The van der Waals surface area contributed by atoms with Crippen LogP contribution in [0.1, 0.15) is 51.4 Å². The molecule has 0 unspecified atom stereocenters. The highest BCUT2D eigenvalue weighted by molar-refractivity contribution is 6.33. The van der Waals surface area contributed by atoms with Crippen molar-refractivity contribution in [3.05, 3.63) is 106 Å². The number of carboxylic acid groups (broad SMARTS) is 1. The van der Waals surface area contributed by atoms with Crippen LogP contribution in [-0.4, -0.2) is 26.3 Å². The number of aromatic amines is 1. The maximum absolute atomic E-state index is 11.5. The summed E-state index contributed by atoms with van der Waals surface area (Å²) in [6, 6.07) is 11.5. The number of hydrogen-bond acceptors (Lipinski definition) is 4. The molecule has 0 aliphatic carbocycles. The summed E-state index contributed by atoms with van der Waals surface area (Å²) in [4.78, 5) is 14.8. The Hall–Kier alpha value is -3.90. The lowest BCUT2D eigenvalue weighted by Gasteiger charge is -2.05. The van der Waals surface area contributed by atoms with Gasteiger partial charge in [0.05, 0.1) is 10.6 Å². The van der Waals surface area contributed by atoms with E-state index in [4.69, 9.17) is 16.0 Å². The maximum Gasteiger partial charge on any atom is 0.335 e. The van der Waals surface area contributed by atoms with Crippen LogP contribution in [0, 0.1) is 13.8 Å². The van der Waals surface area contributed by atoms with Crippen molar-refractivity contribution in [1.29, 1.82) is 0 Å². The van der Waals surface area contributed by atoms with Crippen molar-refractivity contribution in [2.24, 2.45) is 0 Å². The first kappa shape index (κ1) is 23.3. The molecule has 2 aromatic carbocycles. The molecule has 0 bridgehead atoms. The van der Waals surface area contributed by atoms with Crippen molar-refractivity contribution in [3.8, 4) is 0 Å². The zero-order valence-electron chi connectivity index (χ0n) is 19.1. The van der Waals surface area contributed by atoms with Gasteiger partial charge in [0.1, 0.15) is 0 Å². The van der Waals surface area contributed by atoms with Gasteiger partial charge in [0.2, 0.25) is 11.8 Å². The largest absolute Gasteiger partial charge is 0.478 e. The molecule has 0 amide bonds. The summed E-state index contributed by atoms with van der Waals surface area (Å²) in [5, 5.41) is 18.9. The predicted octanol–water partition coefficient (Wildman–Crippen LogP) is 6.78. The van der Waals surface area contributed by atoms with E-state index in [1.807, 2.05) is 43.3 Å². The van der Waals surface area contributed by atoms with Gasteiger partial charge in [-0.05, 0) is 66.5 Å². The van der Waals surface area contributed by atoms with E-state index in [2.05, 4.69) is 27.8 Å². The predicted molar refractivity (Wildman–Crippen MR) is 135 cm³/mol. The van der Waals surface area contributed by atoms with Gasteiger partial charge in [-0.1, -0.05) is 42.5 Å². The van der Waals surface area contributed by atoms with E-state index < -0.39 is 5.97 Å². The summed E-state index contributed by atoms with van der Waals surface area (Å²) in [5.41, 5.74) is 6.49. The molecular formula is C27H24ClN3O3. The Morgan fingerprint density at radius 2 is 1.94 bits per heavy atom. The van der Waals surface area contributed by atoms with Crippen molar-refractivity contribution in [2.45, 2.75) is 27.2 Å². The minimum Gasteiger partial charge on any atom is -0.478 e. The van der Waals surface area contributed by atoms with Crippen molar-refractivity contribution < 1.29 is 14.3 Å². The molecule has 0 radical (unpaired) electrons. The fraction of sp³-hybridized carbons (Fsp3) is 0.148. The molecule has 2 aromatic heterocycles. The second-order valence-corrected chi connectivity index (χ2v) is 8.55. The molecule has 4 rings (SSSR count). The molecule has 2 heterocycles. The number of aryl methyl sites for hydroxylation is 2. The molecule has 0 spiro atoms. The Kier molecular flexibility index (Phi) is 6.52. The molecule has 0 atom stereocenters. The Labute approximate surface area is 202 Å². The summed E-state index contributed by atoms with van der Waals surface area (Å²) in [5.74, 6) is -0.0156. The number of allylic oxidation sites excluding steroid dienone is 5. The third-order valence-electron chi connectivity index (χ3n) is 5.62. The highest BCUT2D eigenvalue weighted by atomic mass is 35.5. The lowest BCUT2D eigenvalue weighted by atomic mass is 10.0. The first-order valence-corrected chi connectivity index (χ1v) is 11.1. The number of carbonyl (C=O) groups is 1. The van der Waals surface area contributed by atoms with Gasteiger partial charge in [0.15, 0.2) is 0 Å². The zero-order valence-corrected chi connectivity index (χ0v) is 19.9.